The van der Waals surface area contributed by atoms with E-state index in [2.05, 4.69) is 9.72 Å². The molecule has 0 spiro atoms. The third-order valence-electron chi connectivity index (χ3n) is 2.81. The number of aliphatic hydroxyl groups is 2. The molecule has 0 bridgehead atoms. The van der Waals surface area contributed by atoms with Crippen LogP contribution in [0.4, 0.5) is 0 Å². The van der Waals surface area contributed by atoms with Crippen molar-refractivity contribution < 1.29 is 19.7 Å². The first-order valence-electron chi connectivity index (χ1n) is 6.01. The molecule has 2 rings (SSSR count). The molecule has 0 fully saturated rings. The van der Waals surface area contributed by atoms with Crippen molar-refractivity contribution in [2.75, 3.05) is 6.61 Å². The molecule has 5 nitrogen and oxygen atoms in total. The van der Waals surface area contributed by atoms with Crippen LogP contribution >= 0.6 is 0 Å². The van der Waals surface area contributed by atoms with Gasteiger partial charge in [0.2, 0.25) is 0 Å². The van der Waals surface area contributed by atoms with Crippen LogP contribution in [0.25, 0.3) is 10.9 Å². The van der Waals surface area contributed by atoms with E-state index in [0.717, 1.165) is 5.39 Å². The number of nitrogens with zero attached hydrogens (tertiary/aromatic N) is 1. The van der Waals surface area contributed by atoms with Crippen LogP contribution in [0.3, 0.4) is 0 Å². The number of fused-ring (bicyclic) bond motifs is 1. The second-order valence-electron chi connectivity index (χ2n) is 4.06. The summed E-state index contributed by atoms with van der Waals surface area (Å²) in [5.74, 6) is -0.845. The first-order valence-corrected chi connectivity index (χ1v) is 6.01. The molecule has 0 amide bonds. The summed E-state index contributed by atoms with van der Waals surface area (Å²) in [5.41, 5.74) is 0.958. The Morgan fingerprint density at radius 1 is 1.32 bits per heavy atom. The van der Waals surface area contributed by atoms with Crippen LogP contribution in [0.15, 0.2) is 36.5 Å². The summed E-state index contributed by atoms with van der Waals surface area (Å²) in [6.45, 7) is 1.78. The fourth-order valence-electron chi connectivity index (χ4n) is 1.89. The second-order valence-corrected chi connectivity index (χ2v) is 4.06. The number of hydrogen-bond donors (Lipinski definition) is 2. The van der Waals surface area contributed by atoms with Crippen molar-refractivity contribution in [2.24, 2.45) is 0 Å². The number of ether oxygens (including phenoxy) is 1. The zero-order chi connectivity index (χ0) is 13.8. The van der Waals surface area contributed by atoms with Gasteiger partial charge in [-0.3, -0.25) is 4.98 Å². The predicted molar refractivity (Wildman–Crippen MR) is 69.3 cm³/mol. The Bertz CT molecular complexity index is 579. The minimum atomic E-state index is -1.62. The monoisotopic (exact) mass is 261 g/mol. The lowest BCUT2D eigenvalue weighted by molar-refractivity contribution is -0.159. The van der Waals surface area contributed by atoms with Crippen LogP contribution in [0.5, 0.6) is 0 Å². The molecule has 0 radical (unpaired) electrons. The van der Waals surface area contributed by atoms with Crippen LogP contribution in [-0.2, 0) is 9.53 Å². The number of hydrogen-bond acceptors (Lipinski definition) is 5. The molecule has 0 aliphatic carbocycles. The maximum atomic E-state index is 11.4. The van der Waals surface area contributed by atoms with E-state index < -0.39 is 18.2 Å². The minimum absolute atomic E-state index is 0.149. The molecule has 2 aromatic rings. The molecular formula is C14H15NO4. The number of para-hydroxylation sites is 1. The molecule has 0 aliphatic heterocycles. The fraction of sp³-hybridized carbons (Fsp3) is 0.286. The van der Waals surface area contributed by atoms with E-state index in [1.165, 1.54) is 0 Å². The van der Waals surface area contributed by atoms with E-state index in [9.17, 15) is 15.0 Å². The number of aliphatic hydroxyl groups excluding tert-OH is 2. The molecule has 19 heavy (non-hydrogen) atoms. The highest BCUT2D eigenvalue weighted by molar-refractivity contribution is 5.83. The van der Waals surface area contributed by atoms with Gasteiger partial charge in [-0.1, -0.05) is 24.3 Å². The van der Waals surface area contributed by atoms with Crippen molar-refractivity contribution in [1.82, 2.24) is 4.98 Å². The van der Waals surface area contributed by atoms with Crippen LogP contribution in [0, 0.1) is 0 Å². The van der Waals surface area contributed by atoms with Crippen molar-refractivity contribution in [3.8, 4) is 0 Å². The Hall–Kier alpha value is -1.98. The Labute approximate surface area is 110 Å². The summed E-state index contributed by atoms with van der Waals surface area (Å²) in [6.07, 6.45) is -1.39. The Balaban J connectivity index is 2.36. The van der Waals surface area contributed by atoms with Crippen LogP contribution in [-0.4, -0.2) is 33.9 Å². The number of pyridine rings is 1. The van der Waals surface area contributed by atoms with E-state index in [4.69, 9.17) is 0 Å². The molecule has 2 N–H and O–H groups in total. The van der Waals surface area contributed by atoms with Crippen molar-refractivity contribution in [3.05, 3.63) is 42.1 Å². The molecule has 0 saturated heterocycles. The molecule has 0 saturated carbocycles. The number of benzene rings is 1. The Kier molecular flexibility index (Phi) is 4.09. The number of carbonyl (C=O) groups excluding carboxylic acids is 1. The van der Waals surface area contributed by atoms with E-state index in [0.29, 0.717) is 11.1 Å². The second kappa shape index (κ2) is 5.77. The maximum Gasteiger partial charge on any atom is 0.338 e. The highest BCUT2D eigenvalue weighted by Crippen LogP contribution is 2.25. The fourth-order valence-corrected chi connectivity index (χ4v) is 1.89. The quantitative estimate of drug-likeness (QED) is 0.808. The van der Waals surface area contributed by atoms with Gasteiger partial charge in [-0.2, -0.15) is 0 Å². The van der Waals surface area contributed by atoms with E-state index in [1.807, 2.05) is 12.1 Å². The zero-order valence-corrected chi connectivity index (χ0v) is 10.5. The molecular weight excluding hydrogens is 246 g/mol. The summed E-state index contributed by atoms with van der Waals surface area (Å²) in [4.78, 5) is 15.6. The Morgan fingerprint density at radius 3 is 2.79 bits per heavy atom. The lowest BCUT2D eigenvalue weighted by Crippen LogP contribution is -2.30. The maximum absolute atomic E-state index is 11.4. The molecule has 2 unspecified atom stereocenters. The molecule has 0 aliphatic rings. The highest BCUT2D eigenvalue weighted by atomic mass is 16.5. The first kappa shape index (κ1) is 13.5. The molecule has 2 atom stereocenters. The summed E-state index contributed by atoms with van der Waals surface area (Å²) >= 11 is 0. The smallest absolute Gasteiger partial charge is 0.338 e. The van der Waals surface area contributed by atoms with Gasteiger partial charge in [-0.15, -0.1) is 0 Å². The van der Waals surface area contributed by atoms with Crippen molar-refractivity contribution in [1.29, 1.82) is 0 Å². The lowest BCUT2D eigenvalue weighted by atomic mass is 10.0. The summed E-state index contributed by atoms with van der Waals surface area (Å²) in [5, 5.41) is 20.7. The van der Waals surface area contributed by atoms with E-state index in [1.54, 1.807) is 31.3 Å². The molecule has 1 aromatic carbocycles. The normalized spacial score (nSPS) is 14.1. The standard InChI is InChI=1S/C14H15NO4/c1-2-19-14(18)13(17)12(16)10-7-3-5-9-6-4-8-15-11(9)10/h3-8,12-13,16-17H,2H2,1H3. The number of rotatable bonds is 4. The van der Waals surface area contributed by atoms with Crippen molar-refractivity contribution >= 4 is 16.9 Å². The largest absolute Gasteiger partial charge is 0.464 e. The van der Waals surface area contributed by atoms with Gasteiger partial charge >= 0.3 is 5.97 Å². The average Bonchev–Trinajstić information content (AvgIpc) is 2.45. The van der Waals surface area contributed by atoms with Crippen LogP contribution < -0.4 is 0 Å². The molecule has 5 heteroatoms. The summed E-state index contributed by atoms with van der Waals surface area (Å²) < 4.78 is 4.69. The SMILES string of the molecule is CCOC(=O)C(O)C(O)c1cccc2cccnc12. The van der Waals surface area contributed by atoms with Crippen molar-refractivity contribution in [2.45, 2.75) is 19.1 Å². The summed E-state index contributed by atoms with van der Waals surface area (Å²) in [7, 11) is 0. The van der Waals surface area contributed by atoms with Crippen molar-refractivity contribution in [3.63, 3.8) is 0 Å². The first-order chi connectivity index (χ1) is 9.15. The third kappa shape index (κ3) is 2.72. The molecule has 1 heterocycles. The van der Waals surface area contributed by atoms with Gasteiger partial charge < -0.3 is 14.9 Å². The molecule has 1 aromatic heterocycles. The summed E-state index contributed by atoms with van der Waals surface area (Å²) in [6, 6.07) is 8.83. The predicted octanol–water partition coefficient (Wildman–Crippen LogP) is 1.19. The molecule has 100 valence electrons. The minimum Gasteiger partial charge on any atom is -0.464 e. The zero-order valence-electron chi connectivity index (χ0n) is 10.5. The highest BCUT2D eigenvalue weighted by Gasteiger charge is 2.28. The van der Waals surface area contributed by atoms with Gasteiger partial charge in [0.05, 0.1) is 12.1 Å². The van der Waals surface area contributed by atoms with Gasteiger partial charge in [0.15, 0.2) is 6.10 Å². The third-order valence-corrected chi connectivity index (χ3v) is 2.81. The van der Waals surface area contributed by atoms with Crippen LogP contribution in [0.2, 0.25) is 0 Å². The lowest BCUT2D eigenvalue weighted by Gasteiger charge is -2.17. The topological polar surface area (TPSA) is 79.7 Å². The average molecular weight is 261 g/mol. The van der Waals surface area contributed by atoms with Gasteiger partial charge in [0, 0.05) is 17.1 Å². The number of aromatic nitrogens is 1. The van der Waals surface area contributed by atoms with E-state index in [-0.39, 0.29) is 6.61 Å². The van der Waals surface area contributed by atoms with Gasteiger partial charge in [-0.05, 0) is 13.0 Å². The number of esters is 1. The number of carbonyl (C=O) groups is 1. The van der Waals surface area contributed by atoms with Gasteiger partial charge in [0.1, 0.15) is 6.10 Å². The Morgan fingerprint density at radius 2 is 2.05 bits per heavy atom. The van der Waals surface area contributed by atoms with Gasteiger partial charge in [0.25, 0.3) is 0 Å². The van der Waals surface area contributed by atoms with E-state index >= 15 is 0 Å². The van der Waals surface area contributed by atoms with Gasteiger partial charge in [-0.25, -0.2) is 4.79 Å². The van der Waals surface area contributed by atoms with Crippen LogP contribution in [0.1, 0.15) is 18.6 Å².